The van der Waals surface area contributed by atoms with Crippen LogP contribution in [0.2, 0.25) is 0 Å². The molecule has 4 heteroatoms. The lowest BCUT2D eigenvalue weighted by Crippen LogP contribution is -2.32. The van der Waals surface area contributed by atoms with Crippen molar-refractivity contribution in [3.05, 3.63) is 29.6 Å². The first-order valence-electron chi connectivity index (χ1n) is 5.54. The average molecular weight is 222 g/mol. The fourth-order valence-corrected chi connectivity index (χ4v) is 1.28. The van der Waals surface area contributed by atoms with Crippen LogP contribution in [-0.2, 0) is 6.42 Å². The van der Waals surface area contributed by atoms with Gasteiger partial charge in [-0.15, -0.1) is 0 Å². The highest BCUT2D eigenvalue weighted by Crippen LogP contribution is 2.03. The van der Waals surface area contributed by atoms with Gasteiger partial charge < -0.3 is 10.4 Å². The van der Waals surface area contributed by atoms with Crippen LogP contribution in [0.3, 0.4) is 0 Å². The molecular weight excluding hydrogens is 204 g/mol. The van der Waals surface area contributed by atoms with Crippen molar-refractivity contribution in [3.8, 4) is 0 Å². The van der Waals surface area contributed by atoms with Gasteiger partial charge in [-0.3, -0.25) is 9.78 Å². The summed E-state index contributed by atoms with van der Waals surface area (Å²) in [7, 11) is 0. The zero-order valence-corrected chi connectivity index (χ0v) is 9.73. The Balaban J connectivity index is 2.71. The zero-order valence-electron chi connectivity index (χ0n) is 9.73. The second kappa shape index (κ2) is 6.23. The molecule has 0 aliphatic rings. The largest absolute Gasteiger partial charge is 0.396 e. The van der Waals surface area contributed by atoms with Crippen LogP contribution >= 0.6 is 0 Å². The molecule has 0 bridgehead atoms. The molecule has 88 valence electrons. The van der Waals surface area contributed by atoms with E-state index in [2.05, 4.69) is 10.3 Å². The van der Waals surface area contributed by atoms with Gasteiger partial charge >= 0.3 is 0 Å². The normalized spacial score (nSPS) is 12.2. The van der Waals surface area contributed by atoms with E-state index >= 15 is 0 Å². The molecule has 1 rings (SSSR count). The summed E-state index contributed by atoms with van der Waals surface area (Å²) >= 11 is 0. The van der Waals surface area contributed by atoms with Gasteiger partial charge in [-0.1, -0.05) is 6.92 Å². The molecule has 0 aliphatic heterocycles. The molecule has 0 radical (unpaired) electrons. The smallest absolute Gasteiger partial charge is 0.251 e. The predicted molar refractivity (Wildman–Crippen MR) is 62.2 cm³/mol. The van der Waals surface area contributed by atoms with E-state index in [1.807, 2.05) is 13.8 Å². The first-order valence-corrected chi connectivity index (χ1v) is 5.54. The number of rotatable bonds is 5. The molecule has 1 amide bonds. The molecule has 1 aromatic heterocycles. The van der Waals surface area contributed by atoms with Gasteiger partial charge in [-0.05, 0) is 25.5 Å². The quantitative estimate of drug-likeness (QED) is 0.785. The molecule has 0 fully saturated rings. The van der Waals surface area contributed by atoms with Gasteiger partial charge in [0.15, 0.2) is 0 Å². The number of hydrogen-bond donors (Lipinski definition) is 2. The van der Waals surface area contributed by atoms with E-state index in [0.717, 1.165) is 12.1 Å². The predicted octanol–water partition coefficient (Wildman–Crippen LogP) is 1.14. The zero-order chi connectivity index (χ0) is 12.0. The number of carbonyl (C=O) groups excluding carboxylic acids is 1. The van der Waals surface area contributed by atoms with E-state index in [9.17, 15) is 4.79 Å². The van der Waals surface area contributed by atoms with Crippen molar-refractivity contribution in [3.63, 3.8) is 0 Å². The van der Waals surface area contributed by atoms with E-state index in [4.69, 9.17) is 5.11 Å². The molecule has 0 spiro atoms. The minimum absolute atomic E-state index is 0.0451. The van der Waals surface area contributed by atoms with Gasteiger partial charge in [0.05, 0.1) is 0 Å². The lowest BCUT2D eigenvalue weighted by atomic mass is 10.1. The number of carbonyl (C=O) groups is 1. The number of nitrogens with zero attached hydrogens (tertiary/aromatic N) is 1. The number of aliphatic hydroxyl groups is 1. The molecule has 4 nitrogen and oxygen atoms in total. The molecule has 0 aromatic carbocycles. The lowest BCUT2D eigenvalue weighted by molar-refractivity contribution is 0.0939. The Morgan fingerprint density at radius 3 is 3.00 bits per heavy atom. The number of amides is 1. The van der Waals surface area contributed by atoms with Crippen LogP contribution in [-0.4, -0.2) is 28.6 Å². The van der Waals surface area contributed by atoms with E-state index in [1.54, 1.807) is 18.3 Å². The maximum Gasteiger partial charge on any atom is 0.251 e. The van der Waals surface area contributed by atoms with Crippen LogP contribution in [0.25, 0.3) is 0 Å². The third-order valence-electron chi connectivity index (χ3n) is 2.44. The van der Waals surface area contributed by atoms with E-state index < -0.39 is 0 Å². The molecule has 1 aromatic rings. The van der Waals surface area contributed by atoms with Gasteiger partial charge in [-0.25, -0.2) is 0 Å². The summed E-state index contributed by atoms with van der Waals surface area (Å²) in [6.07, 6.45) is 2.97. The third kappa shape index (κ3) is 3.62. The van der Waals surface area contributed by atoms with Crippen molar-refractivity contribution in [2.24, 2.45) is 0 Å². The van der Waals surface area contributed by atoms with Gasteiger partial charge in [-0.2, -0.15) is 0 Å². The standard InChI is InChI=1S/C12H18N2O2/c1-3-9(2)14-12(16)10-4-6-13-11(8-10)5-7-15/h4,6,8-9,15H,3,5,7H2,1-2H3,(H,14,16). The first kappa shape index (κ1) is 12.6. The van der Waals surface area contributed by atoms with E-state index in [1.165, 1.54) is 0 Å². The van der Waals surface area contributed by atoms with Crippen LogP contribution < -0.4 is 5.32 Å². The average Bonchev–Trinajstić information content (AvgIpc) is 2.29. The van der Waals surface area contributed by atoms with E-state index in [0.29, 0.717) is 12.0 Å². The van der Waals surface area contributed by atoms with Crippen molar-refractivity contribution < 1.29 is 9.90 Å². The Kier molecular flexibility index (Phi) is 4.92. The fraction of sp³-hybridized carbons (Fsp3) is 0.500. The molecule has 0 saturated heterocycles. The van der Waals surface area contributed by atoms with Gasteiger partial charge in [0.25, 0.3) is 5.91 Å². The second-order valence-electron chi connectivity index (χ2n) is 3.79. The summed E-state index contributed by atoms with van der Waals surface area (Å²) in [6.45, 7) is 4.03. The number of aromatic nitrogens is 1. The second-order valence-corrected chi connectivity index (χ2v) is 3.79. The minimum Gasteiger partial charge on any atom is -0.396 e. The van der Waals surface area contributed by atoms with Crippen molar-refractivity contribution in [1.29, 1.82) is 0 Å². The Labute approximate surface area is 95.7 Å². The molecule has 2 N–H and O–H groups in total. The van der Waals surface area contributed by atoms with Crippen LogP contribution in [0.5, 0.6) is 0 Å². The van der Waals surface area contributed by atoms with Crippen molar-refractivity contribution >= 4 is 5.91 Å². The summed E-state index contributed by atoms with van der Waals surface area (Å²) in [5, 5.41) is 11.7. The molecule has 1 heterocycles. The highest BCUT2D eigenvalue weighted by molar-refractivity contribution is 5.94. The lowest BCUT2D eigenvalue weighted by Gasteiger charge is -2.11. The monoisotopic (exact) mass is 222 g/mol. The third-order valence-corrected chi connectivity index (χ3v) is 2.44. The molecule has 1 unspecified atom stereocenters. The van der Waals surface area contributed by atoms with Crippen molar-refractivity contribution in [2.45, 2.75) is 32.7 Å². The van der Waals surface area contributed by atoms with Gasteiger partial charge in [0, 0.05) is 36.5 Å². The number of pyridine rings is 1. The maximum absolute atomic E-state index is 11.8. The number of hydrogen-bond acceptors (Lipinski definition) is 3. The fourth-order valence-electron chi connectivity index (χ4n) is 1.28. The Morgan fingerprint density at radius 2 is 2.38 bits per heavy atom. The highest BCUT2D eigenvalue weighted by atomic mass is 16.3. The topological polar surface area (TPSA) is 62.2 Å². The highest BCUT2D eigenvalue weighted by Gasteiger charge is 2.08. The molecule has 0 aliphatic carbocycles. The summed E-state index contributed by atoms with van der Waals surface area (Å²) in [6, 6.07) is 3.56. The summed E-state index contributed by atoms with van der Waals surface area (Å²) in [5.74, 6) is -0.0871. The first-order chi connectivity index (χ1) is 7.67. The Bertz CT molecular complexity index is 353. The maximum atomic E-state index is 11.8. The molecule has 0 saturated carbocycles. The van der Waals surface area contributed by atoms with Crippen LogP contribution in [0.4, 0.5) is 0 Å². The van der Waals surface area contributed by atoms with Crippen molar-refractivity contribution in [1.82, 2.24) is 10.3 Å². The van der Waals surface area contributed by atoms with Gasteiger partial charge in [0.1, 0.15) is 0 Å². The van der Waals surface area contributed by atoms with Crippen LogP contribution in [0.15, 0.2) is 18.3 Å². The summed E-state index contributed by atoms with van der Waals surface area (Å²) < 4.78 is 0. The Hall–Kier alpha value is -1.42. The van der Waals surface area contributed by atoms with Crippen LogP contribution in [0.1, 0.15) is 36.3 Å². The molecule has 16 heavy (non-hydrogen) atoms. The Morgan fingerprint density at radius 1 is 1.62 bits per heavy atom. The summed E-state index contributed by atoms with van der Waals surface area (Å²) in [5.41, 5.74) is 1.33. The molecule has 1 atom stereocenters. The minimum atomic E-state index is -0.0871. The van der Waals surface area contributed by atoms with Gasteiger partial charge in [0.2, 0.25) is 0 Å². The number of nitrogens with one attached hydrogen (secondary N) is 1. The number of aliphatic hydroxyl groups excluding tert-OH is 1. The SMILES string of the molecule is CCC(C)NC(=O)c1ccnc(CCO)c1. The molecular formula is C12H18N2O2. The van der Waals surface area contributed by atoms with E-state index in [-0.39, 0.29) is 18.6 Å². The van der Waals surface area contributed by atoms with Crippen molar-refractivity contribution in [2.75, 3.05) is 6.61 Å². The van der Waals surface area contributed by atoms with Crippen LogP contribution in [0, 0.1) is 0 Å². The summed E-state index contributed by atoms with van der Waals surface area (Å²) in [4.78, 5) is 15.8.